The van der Waals surface area contributed by atoms with E-state index in [1.807, 2.05) is 0 Å². The second kappa shape index (κ2) is 15.0. The maximum Gasteiger partial charge on any atom is -0.00715 e. The van der Waals surface area contributed by atoms with Crippen LogP contribution in [0.15, 0.2) is 0 Å². The van der Waals surface area contributed by atoms with Crippen molar-refractivity contribution in [2.24, 2.45) is 0 Å². The number of rotatable bonds is 0. The largest absolute Gasteiger partial charge is 0.0897 e. The second-order valence-electron chi connectivity index (χ2n) is 7.05. The van der Waals surface area contributed by atoms with Gasteiger partial charge in [0, 0.05) is 0 Å². The van der Waals surface area contributed by atoms with E-state index in [1.54, 1.807) is 0 Å². The van der Waals surface area contributed by atoms with Gasteiger partial charge in [0.1, 0.15) is 0 Å². The zero-order valence-corrected chi connectivity index (χ0v) is 15.2. The maximum absolute atomic E-state index is 5.52. The lowest BCUT2D eigenvalue weighted by atomic mass is 10.0. The topological polar surface area (TPSA) is 0 Å². The third kappa shape index (κ3) is 13.5. The Morgan fingerprint density at radius 3 is 0.762 bits per heavy atom. The van der Waals surface area contributed by atoms with Crippen LogP contribution in [-0.4, -0.2) is 4.86 Å². The van der Waals surface area contributed by atoms with Crippen LogP contribution in [0.5, 0.6) is 0 Å². The molecular formula is C20H38S. The van der Waals surface area contributed by atoms with Crippen LogP contribution in [0.1, 0.15) is 122 Å². The summed E-state index contributed by atoms with van der Waals surface area (Å²) in [6.07, 6.45) is 27.0. The van der Waals surface area contributed by atoms with Gasteiger partial charge in [-0.3, -0.25) is 0 Å². The summed E-state index contributed by atoms with van der Waals surface area (Å²) in [4.78, 5) is 1.35. The Balaban J connectivity index is 2.09. The van der Waals surface area contributed by atoms with Crippen molar-refractivity contribution in [3.63, 3.8) is 0 Å². The van der Waals surface area contributed by atoms with Crippen LogP contribution in [0, 0.1) is 0 Å². The molecule has 1 saturated carbocycles. The van der Waals surface area contributed by atoms with Gasteiger partial charge in [0.2, 0.25) is 0 Å². The van der Waals surface area contributed by atoms with E-state index in [4.69, 9.17) is 12.2 Å². The Kier molecular flexibility index (Phi) is 13.7. The van der Waals surface area contributed by atoms with Gasteiger partial charge in [0.15, 0.2) is 0 Å². The number of hydrogen-bond acceptors (Lipinski definition) is 1. The van der Waals surface area contributed by atoms with E-state index in [1.165, 1.54) is 127 Å². The lowest BCUT2D eigenvalue weighted by molar-refractivity contribution is 0.525. The molecule has 124 valence electrons. The van der Waals surface area contributed by atoms with Crippen LogP contribution in [-0.2, 0) is 0 Å². The number of hydrogen-bond donors (Lipinski definition) is 0. The summed E-state index contributed by atoms with van der Waals surface area (Å²) < 4.78 is 0. The summed E-state index contributed by atoms with van der Waals surface area (Å²) in [6.45, 7) is 0. The van der Waals surface area contributed by atoms with Gasteiger partial charge in [-0.2, -0.15) is 0 Å². The molecule has 21 heavy (non-hydrogen) atoms. The minimum atomic E-state index is 1.22. The molecule has 1 aliphatic rings. The molecule has 0 spiro atoms. The first-order chi connectivity index (χ1) is 10.4. The lowest BCUT2D eigenvalue weighted by Gasteiger charge is -2.06. The van der Waals surface area contributed by atoms with Gasteiger partial charge in [0.05, 0.1) is 0 Å². The van der Waals surface area contributed by atoms with E-state index in [-0.39, 0.29) is 0 Å². The fourth-order valence-corrected chi connectivity index (χ4v) is 3.71. The van der Waals surface area contributed by atoms with Crippen LogP contribution in [0.2, 0.25) is 0 Å². The highest BCUT2D eigenvalue weighted by molar-refractivity contribution is 7.80. The van der Waals surface area contributed by atoms with Crippen molar-refractivity contribution in [2.75, 3.05) is 0 Å². The highest BCUT2D eigenvalue weighted by atomic mass is 32.1. The molecule has 0 bridgehead atoms. The summed E-state index contributed by atoms with van der Waals surface area (Å²) in [5.41, 5.74) is 0. The molecule has 0 radical (unpaired) electrons. The zero-order chi connectivity index (χ0) is 15.0. The molecule has 1 fully saturated rings. The summed E-state index contributed by atoms with van der Waals surface area (Å²) in [7, 11) is 0. The second-order valence-corrected chi connectivity index (χ2v) is 7.63. The van der Waals surface area contributed by atoms with E-state index >= 15 is 0 Å². The van der Waals surface area contributed by atoms with Crippen molar-refractivity contribution in [2.45, 2.75) is 122 Å². The normalized spacial score (nSPS) is 23.5. The van der Waals surface area contributed by atoms with E-state index in [2.05, 4.69) is 0 Å². The molecule has 0 heterocycles. The standard InChI is InChI=1S/C20H38S/c21-20-18-16-14-12-10-8-6-4-2-1-3-5-7-9-11-13-15-17-19-20/h1-19H2. The Labute approximate surface area is 139 Å². The predicted molar refractivity (Wildman–Crippen MR) is 100 cm³/mol. The average molecular weight is 311 g/mol. The fraction of sp³-hybridized carbons (Fsp3) is 0.950. The Bertz CT molecular complexity index is 212. The van der Waals surface area contributed by atoms with Gasteiger partial charge in [-0.15, -0.1) is 0 Å². The van der Waals surface area contributed by atoms with Crippen LogP contribution in [0.3, 0.4) is 0 Å². The Morgan fingerprint density at radius 1 is 0.333 bits per heavy atom. The van der Waals surface area contributed by atoms with Crippen LogP contribution in [0.25, 0.3) is 0 Å². The third-order valence-corrected chi connectivity index (χ3v) is 5.32. The van der Waals surface area contributed by atoms with Crippen LogP contribution < -0.4 is 0 Å². The quantitative estimate of drug-likeness (QED) is 0.411. The van der Waals surface area contributed by atoms with Crippen LogP contribution >= 0.6 is 12.2 Å². The fourth-order valence-electron chi connectivity index (χ4n) is 3.42. The first-order valence-electron chi connectivity index (χ1n) is 9.91. The lowest BCUT2D eigenvalue weighted by Crippen LogP contribution is -1.95. The summed E-state index contributed by atoms with van der Waals surface area (Å²) in [5.74, 6) is 0. The Hall–Kier alpha value is 0.0900. The average Bonchev–Trinajstić information content (AvgIpc) is 2.48. The van der Waals surface area contributed by atoms with Gasteiger partial charge < -0.3 is 0 Å². The third-order valence-electron chi connectivity index (χ3n) is 4.91. The molecule has 0 aromatic carbocycles. The van der Waals surface area contributed by atoms with Gasteiger partial charge in [-0.05, 0) is 30.5 Å². The zero-order valence-electron chi connectivity index (χ0n) is 14.3. The van der Waals surface area contributed by atoms with Crippen molar-refractivity contribution in [1.29, 1.82) is 0 Å². The van der Waals surface area contributed by atoms with Gasteiger partial charge in [0.25, 0.3) is 0 Å². The Morgan fingerprint density at radius 2 is 0.524 bits per heavy atom. The molecule has 0 nitrogen and oxygen atoms in total. The van der Waals surface area contributed by atoms with Gasteiger partial charge in [-0.25, -0.2) is 0 Å². The van der Waals surface area contributed by atoms with Crippen molar-refractivity contribution >= 4 is 17.1 Å². The highest BCUT2D eigenvalue weighted by Crippen LogP contribution is 2.16. The van der Waals surface area contributed by atoms with Crippen molar-refractivity contribution in [3.8, 4) is 0 Å². The van der Waals surface area contributed by atoms with Crippen LogP contribution in [0.4, 0.5) is 0 Å². The number of thiocarbonyl (C=S) groups is 1. The van der Waals surface area contributed by atoms with E-state index in [0.29, 0.717) is 0 Å². The monoisotopic (exact) mass is 310 g/mol. The first-order valence-corrected chi connectivity index (χ1v) is 10.3. The molecule has 0 aliphatic heterocycles. The van der Waals surface area contributed by atoms with Crippen molar-refractivity contribution in [3.05, 3.63) is 0 Å². The summed E-state index contributed by atoms with van der Waals surface area (Å²) in [5, 5.41) is 0. The molecule has 0 unspecified atom stereocenters. The first kappa shape index (κ1) is 19.1. The van der Waals surface area contributed by atoms with Gasteiger partial charge in [-0.1, -0.05) is 109 Å². The molecule has 0 atom stereocenters. The SMILES string of the molecule is S=C1CCCCCCCCCCCCCCCCCCC1. The van der Waals surface area contributed by atoms with E-state index in [0.717, 1.165) is 0 Å². The minimum Gasteiger partial charge on any atom is -0.0897 e. The molecule has 1 rings (SSSR count). The molecule has 1 aliphatic carbocycles. The molecule has 1 heteroatoms. The molecule has 0 N–H and O–H groups in total. The predicted octanol–water partition coefficient (Wildman–Crippen LogP) is 7.78. The molecule has 0 aromatic heterocycles. The van der Waals surface area contributed by atoms with Crippen molar-refractivity contribution < 1.29 is 0 Å². The minimum absolute atomic E-state index is 1.22. The molecule has 0 saturated heterocycles. The molecule has 0 amide bonds. The van der Waals surface area contributed by atoms with Gasteiger partial charge >= 0.3 is 0 Å². The summed E-state index contributed by atoms with van der Waals surface area (Å²) in [6, 6.07) is 0. The smallest absolute Gasteiger partial charge is 0.00715 e. The molecule has 0 aromatic rings. The summed E-state index contributed by atoms with van der Waals surface area (Å²) >= 11 is 5.52. The molecular weight excluding hydrogens is 272 g/mol. The van der Waals surface area contributed by atoms with Crippen molar-refractivity contribution in [1.82, 2.24) is 0 Å². The van der Waals surface area contributed by atoms with E-state index < -0.39 is 0 Å². The highest BCUT2D eigenvalue weighted by Gasteiger charge is 1.99. The maximum atomic E-state index is 5.52. The van der Waals surface area contributed by atoms with E-state index in [9.17, 15) is 0 Å².